The minimum Gasteiger partial charge on any atom is -0.366 e. The molecule has 2 unspecified atom stereocenters. The predicted molar refractivity (Wildman–Crippen MR) is 93.3 cm³/mol. The number of hydrogen-bond acceptors (Lipinski definition) is 2. The van der Waals surface area contributed by atoms with E-state index in [1.165, 1.54) is 18.4 Å². The Labute approximate surface area is 146 Å². The van der Waals surface area contributed by atoms with Gasteiger partial charge in [-0.2, -0.15) is 5.26 Å². The van der Waals surface area contributed by atoms with Crippen molar-refractivity contribution in [1.82, 2.24) is 0 Å². The highest BCUT2D eigenvalue weighted by Crippen LogP contribution is 2.50. The standard InChI is InChI=1S/C21H20F2N2/c22-19-8-15(11-24)9-20(23)21(19)25-12-14(13-25)6-7-17-10-18(17)16-4-2-1-3-5-16/h1-5,8-9,14,17-18H,6-7,10,12-13H2. The molecule has 128 valence electrons. The molecule has 0 radical (unpaired) electrons. The smallest absolute Gasteiger partial charge is 0.150 e. The van der Waals surface area contributed by atoms with Crippen molar-refractivity contribution in [3.8, 4) is 6.07 Å². The SMILES string of the molecule is N#Cc1cc(F)c(N2CC(CCC3CC3c3ccccc3)C2)c(F)c1. The van der Waals surface area contributed by atoms with E-state index in [0.717, 1.165) is 24.5 Å². The van der Waals surface area contributed by atoms with Crippen LogP contribution < -0.4 is 4.90 Å². The Kier molecular flexibility index (Phi) is 4.17. The average molecular weight is 338 g/mol. The molecule has 1 saturated carbocycles. The second kappa shape index (κ2) is 6.48. The maximum Gasteiger partial charge on any atom is 0.150 e. The molecule has 1 heterocycles. The molecule has 2 fully saturated rings. The van der Waals surface area contributed by atoms with Gasteiger partial charge in [-0.1, -0.05) is 30.3 Å². The zero-order chi connectivity index (χ0) is 17.4. The molecule has 25 heavy (non-hydrogen) atoms. The number of rotatable bonds is 5. The zero-order valence-electron chi connectivity index (χ0n) is 14.0. The number of nitriles is 1. The number of nitrogens with zero attached hydrogens (tertiary/aromatic N) is 2. The van der Waals surface area contributed by atoms with Crippen LogP contribution in [-0.2, 0) is 0 Å². The highest BCUT2D eigenvalue weighted by atomic mass is 19.1. The molecule has 0 bridgehead atoms. The minimum atomic E-state index is -0.638. The van der Waals surface area contributed by atoms with Crippen molar-refractivity contribution in [3.63, 3.8) is 0 Å². The number of halogens is 2. The Bertz CT molecular complexity index is 783. The molecular formula is C21H20F2N2. The first-order valence-corrected chi connectivity index (χ1v) is 8.84. The fourth-order valence-electron chi connectivity index (χ4n) is 3.99. The van der Waals surface area contributed by atoms with Crippen LogP contribution >= 0.6 is 0 Å². The predicted octanol–water partition coefficient (Wildman–Crippen LogP) is 4.86. The highest BCUT2D eigenvalue weighted by Gasteiger charge is 2.39. The third-order valence-electron chi connectivity index (χ3n) is 5.52. The molecular weight excluding hydrogens is 318 g/mol. The third kappa shape index (κ3) is 3.24. The summed E-state index contributed by atoms with van der Waals surface area (Å²) >= 11 is 0. The van der Waals surface area contributed by atoms with Crippen molar-refractivity contribution >= 4 is 5.69 Å². The first kappa shape index (κ1) is 16.1. The van der Waals surface area contributed by atoms with Crippen molar-refractivity contribution in [1.29, 1.82) is 5.26 Å². The van der Waals surface area contributed by atoms with E-state index in [4.69, 9.17) is 5.26 Å². The lowest BCUT2D eigenvalue weighted by atomic mass is 9.92. The molecule has 1 aliphatic carbocycles. The van der Waals surface area contributed by atoms with Gasteiger partial charge in [0.1, 0.15) is 5.69 Å². The van der Waals surface area contributed by atoms with E-state index in [-0.39, 0.29) is 11.3 Å². The molecule has 2 nitrogen and oxygen atoms in total. The van der Waals surface area contributed by atoms with Gasteiger partial charge >= 0.3 is 0 Å². The van der Waals surface area contributed by atoms with Crippen LogP contribution in [0.2, 0.25) is 0 Å². The molecule has 2 aromatic carbocycles. The van der Waals surface area contributed by atoms with Crippen molar-refractivity contribution in [2.75, 3.05) is 18.0 Å². The van der Waals surface area contributed by atoms with E-state index in [1.807, 2.05) is 6.07 Å². The Morgan fingerprint density at radius 2 is 1.72 bits per heavy atom. The van der Waals surface area contributed by atoms with E-state index >= 15 is 0 Å². The van der Waals surface area contributed by atoms with Gasteiger partial charge in [-0.15, -0.1) is 0 Å². The number of hydrogen-bond donors (Lipinski definition) is 0. The highest BCUT2D eigenvalue weighted by molar-refractivity contribution is 5.54. The molecule has 0 aromatic heterocycles. The van der Waals surface area contributed by atoms with E-state index < -0.39 is 11.6 Å². The van der Waals surface area contributed by atoms with Crippen LogP contribution in [0.25, 0.3) is 0 Å². The van der Waals surface area contributed by atoms with E-state index in [1.54, 1.807) is 11.0 Å². The van der Waals surface area contributed by atoms with E-state index in [9.17, 15) is 8.78 Å². The minimum absolute atomic E-state index is 0.0174. The Hall–Kier alpha value is -2.41. The van der Waals surface area contributed by atoms with Gasteiger partial charge in [0.2, 0.25) is 0 Å². The fourth-order valence-corrected chi connectivity index (χ4v) is 3.99. The summed E-state index contributed by atoms with van der Waals surface area (Å²) < 4.78 is 28.1. The maximum atomic E-state index is 14.0. The monoisotopic (exact) mass is 338 g/mol. The molecule has 0 N–H and O–H groups in total. The molecule has 4 rings (SSSR count). The topological polar surface area (TPSA) is 27.0 Å². The summed E-state index contributed by atoms with van der Waals surface area (Å²) in [5.74, 6) is 0.694. The molecule has 0 spiro atoms. The second-order valence-corrected chi connectivity index (χ2v) is 7.26. The number of anilines is 1. The maximum absolute atomic E-state index is 14.0. The van der Waals surface area contributed by atoms with Crippen LogP contribution in [0.15, 0.2) is 42.5 Å². The van der Waals surface area contributed by atoms with Crippen molar-refractivity contribution in [2.45, 2.75) is 25.2 Å². The van der Waals surface area contributed by atoms with E-state index in [2.05, 4.69) is 24.3 Å². The van der Waals surface area contributed by atoms with Crippen LogP contribution in [-0.4, -0.2) is 13.1 Å². The molecule has 2 aliphatic rings. The summed E-state index contributed by atoms with van der Waals surface area (Å²) in [7, 11) is 0. The van der Waals surface area contributed by atoms with Crippen molar-refractivity contribution in [2.24, 2.45) is 11.8 Å². The van der Waals surface area contributed by atoms with Crippen LogP contribution in [0.1, 0.15) is 36.3 Å². The van der Waals surface area contributed by atoms with Crippen LogP contribution in [0.3, 0.4) is 0 Å². The summed E-state index contributed by atoms with van der Waals surface area (Å²) in [5, 5.41) is 8.76. The van der Waals surface area contributed by atoms with E-state index in [0.29, 0.717) is 24.9 Å². The lowest BCUT2D eigenvalue weighted by molar-refractivity contribution is 0.357. The van der Waals surface area contributed by atoms with Gasteiger partial charge in [0.15, 0.2) is 11.6 Å². The lowest BCUT2D eigenvalue weighted by Crippen LogP contribution is -2.47. The van der Waals surface area contributed by atoms with Gasteiger partial charge in [0.05, 0.1) is 11.6 Å². The lowest BCUT2D eigenvalue weighted by Gasteiger charge is -2.41. The molecule has 1 aliphatic heterocycles. The average Bonchev–Trinajstić information content (AvgIpc) is 3.35. The van der Waals surface area contributed by atoms with Gasteiger partial charge in [-0.3, -0.25) is 0 Å². The first-order chi connectivity index (χ1) is 12.2. The summed E-state index contributed by atoms with van der Waals surface area (Å²) in [5.41, 5.74) is 1.48. The molecule has 2 aromatic rings. The Balaban J connectivity index is 1.27. The molecule has 4 heteroatoms. The summed E-state index contributed by atoms with van der Waals surface area (Å²) in [6.07, 6.45) is 3.57. The van der Waals surface area contributed by atoms with Crippen LogP contribution in [0.5, 0.6) is 0 Å². The molecule has 1 saturated heterocycles. The Morgan fingerprint density at radius 1 is 1.04 bits per heavy atom. The molecule has 2 atom stereocenters. The zero-order valence-corrected chi connectivity index (χ0v) is 14.0. The van der Waals surface area contributed by atoms with Gasteiger partial charge in [0.25, 0.3) is 0 Å². The third-order valence-corrected chi connectivity index (χ3v) is 5.52. The summed E-state index contributed by atoms with van der Waals surface area (Å²) in [6, 6.07) is 14.6. The normalized spacial score (nSPS) is 22.4. The van der Waals surface area contributed by atoms with Gasteiger partial charge in [-0.05, 0) is 54.7 Å². The van der Waals surface area contributed by atoms with Crippen molar-refractivity contribution < 1.29 is 8.78 Å². The van der Waals surface area contributed by atoms with Gasteiger partial charge in [-0.25, -0.2) is 8.78 Å². The first-order valence-electron chi connectivity index (χ1n) is 8.84. The fraction of sp³-hybridized carbons (Fsp3) is 0.381. The number of benzene rings is 2. The quantitative estimate of drug-likeness (QED) is 0.779. The largest absolute Gasteiger partial charge is 0.366 e. The second-order valence-electron chi connectivity index (χ2n) is 7.26. The molecule has 0 amide bonds. The van der Waals surface area contributed by atoms with Gasteiger partial charge < -0.3 is 4.90 Å². The van der Waals surface area contributed by atoms with Crippen LogP contribution in [0, 0.1) is 34.8 Å². The van der Waals surface area contributed by atoms with Crippen LogP contribution in [0.4, 0.5) is 14.5 Å². The van der Waals surface area contributed by atoms with Gasteiger partial charge in [0, 0.05) is 13.1 Å². The van der Waals surface area contributed by atoms with Crippen molar-refractivity contribution in [3.05, 3.63) is 65.2 Å². The summed E-state index contributed by atoms with van der Waals surface area (Å²) in [6.45, 7) is 1.39. The Morgan fingerprint density at radius 3 is 2.36 bits per heavy atom. The summed E-state index contributed by atoms with van der Waals surface area (Å²) in [4.78, 5) is 1.75.